The van der Waals surface area contributed by atoms with Crippen LogP contribution in [0.2, 0.25) is 0 Å². The van der Waals surface area contributed by atoms with Crippen molar-refractivity contribution in [3.63, 3.8) is 0 Å². The van der Waals surface area contributed by atoms with Crippen LogP contribution in [0.4, 0.5) is 5.82 Å². The number of anilines is 1. The smallest absolute Gasteiger partial charge is 0.139 e. The number of hydrogen-bond acceptors (Lipinski definition) is 4. The van der Waals surface area contributed by atoms with Gasteiger partial charge in [0.05, 0.1) is 11.7 Å². The van der Waals surface area contributed by atoms with E-state index < -0.39 is 0 Å². The SMILES string of the molecule is CC(O)C1CCN(c2nc3c(cc2C(=N)N)CCCC3)C1. The van der Waals surface area contributed by atoms with Crippen LogP contribution in [0.15, 0.2) is 6.07 Å². The Bertz CT molecular complexity index is 555. The van der Waals surface area contributed by atoms with Gasteiger partial charge in [-0.05, 0) is 50.7 Å². The summed E-state index contributed by atoms with van der Waals surface area (Å²) in [6.45, 7) is 3.52. The minimum absolute atomic E-state index is 0.0892. The summed E-state index contributed by atoms with van der Waals surface area (Å²) in [7, 11) is 0. The molecule has 0 saturated carbocycles. The third kappa shape index (κ3) is 2.75. The molecule has 114 valence electrons. The van der Waals surface area contributed by atoms with Crippen LogP contribution in [0.25, 0.3) is 0 Å². The van der Waals surface area contributed by atoms with Crippen molar-refractivity contribution in [1.29, 1.82) is 5.41 Å². The maximum atomic E-state index is 9.77. The van der Waals surface area contributed by atoms with Crippen molar-refractivity contribution in [1.82, 2.24) is 4.98 Å². The van der Waals surface area contributed by atoms with Crippen molar-refractivity contribution in [2.75, 3.05) is 18.0 Å². The van der Waals surface area contributed by atoms with E-state index in [1.807, 2.05) is 6.92 Å². The van der Waals surface area contributed by atoms with Gasteiger partial charge >= 0.3 is 0 Å². The third-order valence-corrected chi connectivity index (χ3v) is 4.78. The van der Waals surface area contributed by atoms with Gasteiger partial charge in [-0.2, -0.15) is 0 Å². The van der Waals surface area contributed by atoms with E-state index in [4.69, 9.17) is 16.1 Å². The first-order chi connectivity index (χ1) is 10.1. The number of pyridine rings is 1. The molecule has 0 bridgehead atoms. The number of nitrogens with two attached hydrogens (primary N) is 1. The number of aliphatic hydroxyl groups is 1. The molecule has 1 aromatic heterocycles. The van der Waals surface area contributed by atoms with Crippen LogP contribution in [-0.2, 0) is 12.8 Å². The van der Waals surface area contributed by atoms with Gasteiger partial charge in [-0.1, -0.05) is 0 Å². The average molecular weight is 288 g/mol. The number of amidine groups is 1. The summed E-state index contributed by atoms with van der Waals surface area (Å²) >= 11 is 0. The van der Waals surface area contributed by atoms with Crippen molar-refractivity contribution in [3.05, 3.63) is 22.9 Å². The highest BCUT2D eigenvalue weighted by atomic mass is 16.3. The zero-order chi connectivity index (χ0) is 15.0. The van der Waals surface area contributed by atoms with Crippen LogP contribution in [0, 0.1) is 11.3 Å². The predicted molar refractivity (Wildman–Crippen MR) is 83.9 cm³/mol. The van der Waals surface area contributed by atoms with Crippen LogP contribution >= 0.6 is 0 Å². The van der Waals surface area contributed by atoms with Crippen molar-refractivity contribution in [2.24, 2.45) is 11.7 Å². The molecule has 4 N–H and O–H groups in total. The highest BCUT2D eigenvalue weighted by molar-refractivity contribution is 6.00. The molecule has 0 radical (unpaired) electrons. The quantitative estimate of drug-likeness (QED) is 0.580. The van der Waals surface area contributed by atoms with Gasteiger partial charge in [0.25, 0.3) is 0 Å². The zero-order valence-corrected chi connectivity index (χ0v) is 12.6. The van der Waals surface area contributed by atoms with Crippen LogP contribution in [0.1, 0.15) is 43.0 Å². The summed E-state index contributed by atoms with van der Waals surface area (Å²) in [4.78, 5) is 7.02. The number of nitrogen functional groups attached to an aromatic ring is 1. The lowest BCUT2D eigenvalue weighted by molar-refractivity contribution is 0.136. The Morgan fingerprint density at radius 3 is 2.90 bits per heavy atom. The summed E-state index contributed by atoms with van der Waals surface area (Å²) in [6.07, 6.45) is 5.11. The molecule has 0 amide bonds. The molecule has 2 atom stereocenters. The highest BCUT2D eigenvalue weighted by Gasteiger charge is 2.29. The van der Waals surface area contributed by atoms with Crippen LogP contribution in [0.5, 0.6) is 0 Å². The second-order valence-electron chi connectivity index (χ2n) is 6.32. The molecule has 1 saturated heterocycles. The summed E-state index contributed by atoms with van der Waals surface area (Å²) < 4.78 is 0. The highest BCUT2D eigenvalue weighted by Crippen LogP contribution is 2.30. The Labute approximate surface area is 125 Å². The van der Waals surface area contributed by atoms with Gasteiger partial charge in [-0.25, -0.2) is 4.98 Å². The second-order valence-corrected chi connectivity index (χ2v) is 6.32. The zero-order valence-electron chi connectivity index (χ0n) is 12.6. The largest absolute Gasteiger partial charge is 0.393 e. The molecule has 1 fully saturated rings. The Morgan fingerprint density at radius 1 is 1.48 bits per heavy atom. The number of fused-ring (bicyclic) bond motifs is 1. The predicted octanol–water partition coefficient (Wildman–Crippen LogP) is 1.45. The molecule has 0 spiro atoms. The molecule has 3 rings (SSSR count). The van der Waals surface area contributed by atoms with Crippen molar-refractivity contribution < 1.29 is 5.11 Å². The fourth-order valence-electron chi connectivity index (χ4n) is 3.44. The number of nitrogens with zero attached hydrogens (tertiary/aromatic N) is 2. The van der Waals surface area contributed by atoms with Crippen LogP contribution in [0.3, 0.4) is 0 Å². The number of hydrogen-bond donors (Lipinski definition) is 3. The molecule has 1 aliphatic carbocycles. The Morgan fingerprint density at radius 2 is 2.24 bits per heavy atom. The molecule has 1 aromatic rings. The number of aryl methyl sites for hydroxylation is 2. The average Bonchev–Trinajstić information content (AvgIpc) is 2.95. The lowest BCUT2D eigenvalue weighted by Crippen LogP contribution is -2.28. The first-order valence-corrected chi connectivity index (χ1v) is 7.86. The monoisotopic (exact) mass is 288 g/mol. The van der Waals surface area contributed by atoms with Gasteiger partial charge in [-0.3, -0.25) is 5.41 Å². The van der Waals surface area contributed by atoms with Crippen molar-refractivity contribution >= 4 is 11.7 Å². The molecular weight excluding hydrogens is 264 g/mol. The van der Waals surface area contributed by atoms with E-state index in [0.29, 0.717) is 0 Å². The number of aliphatic hydroxyl groups excluding tert-OH is 1. The summed E-state index contributed by atoms with van der Waals surface area (Å²) in [5.74, 6) is 1.21. The fraction of sp³-hybridized carbons (Fsp3) is 0.625. The first-order valence-electron chi connectivity index (χ1n) is 7.86. The van der Waals surface area contributed by atoms with Crippen LogP contribution < -0.4 is 10.6 Å². The standard InChI is InChI=1S/C16H24N4O/c1-10(21)12-6-7-20(9-12)16-13(15(17)18)8-11-4-2-3-5-14(11)19-16/h8,10,12,21H,2-7,9H2,1H3,(H3,17,18). The maximum absolute atomic E-state index is 9.77. The Kier molecular flexibility index (Phi) is 3.85. The van der Waals surface area contributed by atoms with Gasteiger partial charge < -0.3 is 15.7 Å². The van der Waals surface area contributed by atoms with Gasteiger partial charge in [0.15, 0.2) is 0 Å². The normalized spacial score (nSPS) is 23.0. The molecule has 2 aliphatic rings. The van der Waals surface area contributed by atoms with Gasteiger partial charge in [0.1, 0.15) is 11.7 Å². The lowest BCUT2D eigenvalue weighted by Gasteiger charge is -2.24. The fourth-order valence-corrected chi connectivity index (χ4v) is 3.44. The van der Waals surface area contributed by atoms with Crippen molar-refractivity contribution in [2.45, 2.75) is 45.1 Å². The van der Waals surface area contributed by atoms with E-state index in [0.717, 1.165) is 43.7 Å². The molecule has 21 heavy (non-hydrogen) atoms. The van der Waals surface area contributed by atoms with E-state index in [2.05, 4.69) is 11.0 Å². The van der Waals surface area contributed by atoms with Gasteiger partial charge in [0.2, 0.25) is 0 Å². The van der Waals surface area contributed by atoms with E-state index in [9.17, 15) is 5.11 Å². The second kappa shape index (κ2) is 5.64. The third-order valence-electron chi connectivity index (χ3n) is 4.78. The number of aromatic nitrogens is 1. The summed E-state index contributed by atoms with van der Waals surface area (Å²) in [6, 6.07) is 2.06. The van der Waals surface area contributed by atoms with Gasteiger partial charge in [-0.15, -0.1) is 0 Å². The summed E-state index contributed by atoms with van der Waals surface area (Å²) in [5.41, 5.74) is 8.95. The van der Waals surface area contributed by atoms with Crippen LogP contribution in [-0.4, -0.2) is 35.1 Å². The van der Waals surface area contributed by atoms with Crippen molar-refractivity contribution in [3.8, 4) is 0 Å². The molecule has 2 unspecified atom stereocenters. The molecule has 1 aliphatic heterocycles. The summed E-state index contributed by atoms with van der Waals surface area (Å²) in [5, 5.41) is 17.6. The minimum Gasteiger partial charge on any atom is -0.393 e. The molecule has 5 nitrogen and oxygen atoms in total. The topological polar surface area (TPSA) is 86.2 Å². The van der Waals surface area contributed by atoms with E-state index >= 15 is 0 Å². The van der Waals surface area contributed by atoms with Gasteiger partial charge in [0, 0.05) is 24.7 Å². The molecule has 0 aromatic carbocycles. The Balaban J connectivity index is 1.95. The van der Waals surface area contributed by atoms with E-state index in [-0.39, 0.29) is 17.9 Å². The first kappa shape index (κ1) is 14.3. The molecular formula is C16H24N4O. The number of rotatable bonds is 3. The van der Waals surface area contributed by atoms with E-state index in [1.54, 1.807) is 0 Å². The van der Waals surface area contributed by atoms with E-state index in [1.165, 1.54) is 24.1 Å². The maximum Gasteiger partial charge on any atom is 0.139 e. The lowest BCUT2D eigenvalue weighted by atomic mass is 9.94. The molecule has 2 heterocycles. The molecule has 5 heteroatoms. The minimum atomic E-state index is -0.298. The Hall–Kier alpha value is -1.62. The number of nitrogens with one attached hydrogen (secondary N) is 1.